The number of hydrogen-bond donors (Lipinski definition) is 2. The maximum atomic E-state index is 10.8. The van der Waals surface area contributed by atoms with Crippen LogP contribution in [0.2, 0.25) is 0 Å². The highest BCUT2D eigenvalue weighted by molar-refractivity contribution is 5.83. The minimum absolute atomic E-state index is 0.284. The van der Waals surface area contributed by atoms with E-state index >= 15 is 0 Å². The number of benzene rings is 1. The van der Waals surface area contributed by atoms with Crippen molar-refractivity contribution in [2.75, 3.05) is 13.1 Å². The third-order valence-electron chi connectivity index (χ3n) is 4.34. The van der Waals surface area contributed by atoms with Gasteiger partial charge in [-0.2, -0.15) is 0 Å². The lowest BCUT2D eigenvalue weighted by atomic mass is 9.95. The average molecular weight is 303 g/mol. The van der Waals surface area contributed by atoms with Gasteiger partial charge in [-0.3, -0.25) is 0 Å². The Labute approximate surface area is 129 Å². The highest BCUT2D eigenvalue weighted by Gasteiger charge is 2.24. The Balaban J connectivity index is 1.82. The first-order valence-electron chi connectivity index (χ1n) is 7.68. The van der Waals surface area contributed by atoms with Crippen molar-refractivity contribution in [2.24, 2.45) is 0 Å². The molecule has 2 heterocycles. The molecule has 118 valence electrons. The second kappa shape index (κ2) is 5.96. The lowest BCUT2D eigenvalue weighted by molar-refractivity contribution is 0.145. The van der Waals surface area contributed by atoms with E-state index in [4.69, 9.17) is 9.84 Å². The molecule has 1 fully saturated rings. The summed E-state index contributed by atoms with van der Waals surface area (Å²) >= 11 is 0. The van der Waals surface area contributed by atoms with Crippen molar-refractivity contribution in [1.82, 2.24) is 14.9 Å². The van der Waals surface area contributed by atoms with Gasteiger partial charge in [0.1, 0.15) is 11.3 Å². The van der Waals surface area contributed by atoms with Crippen molar-refractivity contribution in [1.29, 1.82) is 0 Å². The molecule has 6 heteroatoms. The van der Waals surface area contributed by atoms with Gasteiger partial charge in [-0.25, -0.2) is 9.78 Å². The predicted molar refractivity (Wildman–Crippen MR) is 83.4 cm³/mol. The molecule has 3 rings (SSSR count). The number of aromatic amines is 1. The lowest BCUT2D eigenvalue weighted by Crippen LogP contribution is -2.38. The van der Waals surface area contributed by atoms with Gasteiger partial charge < -0.3 is 19.7 Å². The molecule has 1 aliphatic heterocycles. The highest BCUT2D eigenvalue weighted by atomic mass is 16.7. The molecular weight excluding hydrogens is 282 g/mol. The van der Waals surface area contributed by atoms with Crippen LogP contribution in [-0.2, 0) is 0 Å². The number of carboxylic acid groups (broad SMARTS) is 1. The largest absolute Gasteiger partial charge is 0.511 e. The van der Waals surface area contributed by atoms with Gasteiger partial charge in [0, 0.05) is 12.0 Å². The Bertz CT molecular complexity index is 672. The van der Waals surface area contributed by atoms with Gasteiger partial charge in [0.15, 0.2) is 5.75 Å². The fourth-order valence-corrected chi connectivity index (χ4v) is 3.08. The zero-order valence-corrected chi connectivity index (χ0v) is 12.9. The van der Waals surface area contributed by atoms with Crippen molar-refractivity contribution in [3.63, 3.8) is 0 Å². The van der Waals surface area contributed by atoms with E-state index in [1.165, 1.54) is 0 Å². The molecular formula is C16H21N3O3. The minimum atomic E-state index is -1.32. The maximum Gasteiger partial charge on any atom is 0.511 e. The van der Waals surface area contributed by atoms with Gasteiger partial charge in [0.2, 0.25) is 0 Å². The molecule has 6 nitrogen and oxygen atoms in total. The summed E-state index contributed by atoms with van der Waals surface area (Å²) in [7, 11) is 0. The first-order chi connectivity index (χ1) is 10.5. The number of ether oxygens (including phenoxy) is 1. The van der Waals surface area contributed by atoms with Gasteiger partial charge >= 0.3 is 6.16 Å². The van der Waals surface area contributed by atoms with E-state index in [0.717, 1.165) is 37.3 Å². The molecule has 1 aromatic heterocycles. The van der Waals surface area contributed by atoms with Gasteiger partial charge in [-0.15, -0.1) is 0 Å². The van der Waals surface area contributed by atoms with Crippen LogP contribution in [0.5, 0.6) is 5.75 Å². The number of fused-ring (bicyclic) bond motifs is 1. The molecule has 0 atom stereocenters. The second-order valence-electron chi connectivity index (χ2n) is 6.05. The number of piperidine rings is 1. The van der Waals surface area contributed by atoms with Crippen molar-refractivity contribution in [3.05, 3.63) is 24.0 Å². The van der Waals surface area contributed by atoms with E-state index in [-0.39, 0.29) is 5.75 Å². The summed E-state index contributed by atoms with van der Waals surface area (Å²) in [6, 6.07) is 5.86. The number of likely N-dealkylation sites (tertiary alicyclic amines) is 1. The number of carbonyl (C=O) groups is 1. The zero-order valence-electron chi connectivity index (χ0n) is 12.9. The van der Waals surface area contributed by atoms with Crippen LogP contribution in [0.1, 0.15) is 38.4 Å². The number of para-hydroxylation sites is 1. The summed E-state index contributed by atoms with van der Waals surface area (Å²) < 4.78 is 4.80. The number of nitrogens with zero attached hydrogens (tertiary/aromatic N) is 2. The molecule has 2 aromatic rings. The van der Waals surface area contributed by atoms with Gasteiger partial charge in [0.05, 0.1) is 5.52 Å². The molecule has 0 bridgehead atoms. The third-order valence-corrected chi connectivity index (χ3v) is 4.34. The summed E-state index contributed by atoms with van der Waals surface area (Å²) in [6.45, 7) is 6.57. The number of H-pyrrole nitrogens is 1. The van der Waals surface area contributed by atoms with Crippen molar-refractivity contribution < 1.29 is 14.6 Å². The third kappa shape index (κ3) is 2.92. The van der Waals surface area contributed by atoms with Crippen LogP contribution in [0.15, 0.2) is 18.2 Å². The van der Waals surface area contributed by atoms with E-state index in [2.05, 4.69) is 28.7 Å². The number of imidazole rings is 1. The second-order valence-corrected chi connectivity index (χ2v) is 6.05. The van der Waals surface area contributed by atoms with E-state index in [0.29, 0.717) is 17.5 Å². The quantitative estimate of drug-likeness (QED) is 0.672. The van der Waals surface area contributed by atoms with Crippen molar-refractivity contribution in [3.8, 4) is 5.75 Å². The summed E-state index contributed by atoms with van der Waals surface area (Å²) in [4.78, 5) is 21.1. The average Bonchev–Trinajstić information content (AvgIpc) is 2.92. The summed E-state index contributed by atoms with van der Waals surface area (Å²) in [6.07, 6.45) is 0.808. The highest BCUT2D eigenvalue weighted by Crippen LogP contribution is 2.31. The Kier molecular flexibility index (Phi) is 4.02. The van der Waals surface area contributed by atoms with E-state index in [9.17, 15) is 4.79 Å². The van der Waals surface area contributed by atoms with Crippen LogP contribution in [0.4, 0.5) is 4.79 Å². The molecule has 0 unspecified atom stereocenters. The Morgan fingerprint density at radius 1 is 1.41 bits per heavy atom. The molecule has 0 radical (unpaired) electrons. The molecule has 22 heavy (non-hydrogen) atoms. The normalized spacial score (nSPS) is 17.2. The van der Waals surface area contributed by atoms with Crippen LogP contribution in [0, 0.1) is 0 Å². The van der Waals surface area contributed by atoms with Crippen LogP contribution >= 0.6 is 0 Å². The maximum absolute atomic E-state index is 10.8. The number of rotatable bonds is 3. The van der Waals surface area contributed by atoms with Crippen molar-refractivity contribution in [2.45, 2.75) is 38.6 Å². The van der Waals surface area contributed by atoms with Crippen LogP contribution in [0.3, 0.4) is 0 Å². The molecule has 1 aliphatic rings. The summed E-state index contributed by atoms with van der Waals surface area (Å²) in [5.74, 6) is 1.60. The molecule has 0 aliphatic carbocycles. The molecule has 1 aromatic carbocycles. The van der Waals surface area contributed by atoms with E-state index in [1.54, 1.807) is 12.1 Å². The van der Waals surface area contributed by atoms with E-state index in [1.807, 2.05) is 6.07 Å². The Morgan fingerprint density at radius 3 is 2.77 bits per heavy atom. The van der Waals surface area contributed by atoms with Crippen LogP contribution in [-0.4, -0.2) is 45.3 Å². The fourth-order valence-electron chi connectivity index (χ4n) is 3.08. The Hall–Kier alpha value is -2.08. The lowest BCUT2D eigenvalue weighted by Gasteiger charge is -2.33. The predicted octanol–water partition coefficient (Wildman–Crippen LogP) is 3.21. The molecule has 1 saturated heterocycles. The number of aromatic nitrogens is 2. The monoisotopic (exact) mass is 303 g/mol. The Morgan fingerprint density at radius 2 is 2.14 bits per heavy atom. The molecule has 2 N–H and O–H groups in total. The number of hydrogen-bond acceptors (Lipinski definition) is 4. The zero-order chi connectivity index (χ0) is 15.7. The van der Waals surface area contributed by atoms with Crippen molar-refractivity contribution >= 4 is 17.2 Å². The number of nitrogens with one attached hydrogen (secondary N) is 1. The van der Waals surface area contributed by atoms with Crippen LogP contribution < -0.4 is 4.74 Å². The fraction of sp³-hybridized carbons (Fsp3) is 0.500. The van der Waals surface area contributed by atoms with Gasteiger partial charge in [0.25, 0.3) is 0 Å². The molecule has 0 spiro atoms. The van der Waals surface area contributed by atoms with E-state index < -0.39 is 6.16 Å². The standard InChI is InChI=1S/C16H21N3O3/c1-10(2)19-8-6-11(7-9-19)15-17-12-4-3-5-13(14(12)18-15)22-16(20)21/h3-5,10-11H,6-9H2,1-2H3,(H,17,18)(H,20,21). The summed E-state index contributed by atoms with van der Waals surface area (Å²) in [5, 5.41) is 8.80. The smallest absolute Gasteiger partial charge is 0.449 e. The van der Waals surface area contributed by atoms with Gasteiger partial charge in [-0.1, -0.05) is 6.07 Å². The summed E-state index contributed by atoms with van der Waals surface area (Å²) in [5.41, 5.74) is 1.41. The van der Waals surface area contributed by atoms with Gasteiger partial charge in [-0.05, 0) is 51.9 Å². The first kappa shape index (κ1) is 14.8. The SMILES string of the molecule is CC(C)N1CCC(c2nc3c(OC(=O)O)cccc3[nH]2)CC1. The first-order valence-corrected chi connectivity index (χ1v) is 7.68. The topological polar surface area (TPSA) is 78.5 Å². The molecule has 0 amide bonds. The van der Waals surface area contributed by atoms with Crippen LogP contribution in [0.25, 0.3) is 11.0 Å². The minimum Gasteiger partial charge on any atom is -0.449 e. The molecule has 0 saturated carbocycles.